The van der Waals surface area contributed by atoms with E-state index in [-0.39, 0.29) is 5.82 Å². The minimum absolute atomic E-state index is 0.274. The van der Waals surface area contributed by atoms with Crippen molar-refractivity contribution < 1.29 is 4.39 Å². The van der Waals surface area contributed by atoms with Crippen LogP contribution in [0.15, 0.2) is 36.4 Å². The second kappa shape index (κ2) is 4.09. The Hall–Kier alpha value is -1.57. The first kappa shape index (κ1) is 10.5. The number of hydrogen-bond donors (Lipinski definition) is 1. The number of nitrogens with two attached hydrogens (primary N) is 1. The molecule has 0 aliphatic carbocycles. The first-order chi connectivity index (χ1) is 6.50. The molecular weight excluding hydrogens is 177 g/mol. The Kier molecular flexibility index (Phi) is 3.07. The fraction of sp³-hybridized carbons (Fsp3) is 0.167. The van der Waals surface area contributed by atoms with Gasteiger partial charge in [-0.1, -0.05) is 18.2 Å². The quantitative estimate of drug-likeness (QED) is 0.562. The summed E-state index contributed by atoms with van der Waals surface area (Å²) in [5.41, 5.74) is 8.89. The van der Waals surface area contributed by atoms with Crippen LogP contribution in [0.25, 0.3) is 5.57 Å². The van der Waals surface area contributed by atoms with Crippen molar-refractivity contribution in [3.63, 3.8) is 0 Å². The van der Waals surface area contributed by atoms with Crippen LogP contribution >= 0.6 is 0 Å². The lowest BCUT2D eigenvalue weighted by Crippen LogP contribution is -1.93. The van der Waals surface area contributed by atoms with Crippen molar-refractivity contribution in [3.05, 3.63) is 47.8 Å². The molecule has 0 unspecified atom stereocenters. The van der Waals surface area contributed by atoms with Crippen molar-refractivity contribution in [1.82, 2.24) is 0 Å². The molecule has 0 aliphatic rings. The Morgan fingerprint density at radius 1 is 1.43 bits per heavy atom. The number of benzene rings is 1. The molecular formula is C12H14FN. The molecule has 1 aromatic rings. The summed E-state index contributed by atoms with van der Waals surface area (Å²) >= 11 is 0. The van der Waals surface area contributed by atoms with Gasteiger partial charge in [-0.3, -0.25) is 0 Å². The van der Waals surface area contributed by atoms with Crippen LogP contribution in [0.5, 0.6) is 0 Å². The Morgan fingerprint density at radius 2 is 2.07 bits per heavy atom. The third-order valence-electron chi connectivity index (χ3n) is 1.90. The van der Waals surface area contributed by atoms with Crippen LogP contribution in [0.4, 0.5) is 10.1 Å². The highest BCUT2D eigenvalue weighted by molar-refractivity contribution is 5.75. The molecule has 1 rings (SSSR count). The Morgan fingerprint density at radius 3 is 2.64 bits per heavy atom. The van der Waals surface area contributed by atoms with Gasteiger partial charge in [-0.05, 0) is 37.6 Å². The average Bonchev–Trinajstić information content (AvgIpc) is 2.08. The van der Waals surface area contributed by atoms with Crippen LogP contribution in [0.2, 0.25) is 0 Å². The second-order valence-corrected chi connectivity index (χ2v) is 3.41. The molecule has 0 radical (unpaired) electrons. The zero-order valence-electron chi connectivity index (χ0n) is 8.47. The summed E-state index contributed by atoms with van der Waals surface area (Å²) in [6, 6.07) is 4.36. The molecule has 0 aliphatic heterocycles. The number of anilines is 1. The molecule has 2 heteroatoms. The molecule has 0 fully saturated rings. The monoisotopic (exact) mass is 191 g/mol. The summed E-state index contributed by atoms with van der Waals surface area (Å²) in [5.74, 6) is -0.274. The van der Waals surface area contributed by atoms with Gasteiger partial charge in [-0.2, -0.15) is 0 Å². The minimum Gasteiger partial charge on any atom is -0.398 e. The van der Waals surface area contributed by atoms with Gasteiger partial charge in [-0.25, -0.2) is 4.39 Å². The van der Waals surface area contributed by atoms with Gasteiger partial charge < -0.3 is 5.73 Å². The van der Waals surface area contributed by atoms with Gasteiger partial charge in [0, 0.05) is 11.3 Å². The number of allylic oxidation sites excluding steroid dienone is 3. The first-order valence-electron chi connectivity index (χ1n) is 4.40. The van der Waals surface area contributed by atoms with Crippen LogP contribution in [0.3, 0.4) is 0 Å². The maximum atomic E-state index is 12.9. The smallest absolute Gasteiger partial charge is 0.123 e. The predicted octanol–water partition coefficient (Wildman–Crippen LogP) is 3.39. The van der Waals surface area contributed by atoms with E-state index in [0.29, 0.717) is 5.69 Å². The zero-order chi connectivity index (χ0) is 10.7. The maximum Gasteiger partial charge on any atom is 0.123 e. The summed E-state index contributed by atoms with van der Waals surface area (Å²) in [4.78, 5) is 0. The number of rotatable bonds is 2. The molecule has 14 heavy (non-hydrogen) atoms. The molecule has 74 valence electrons. The van der Waals surface area contributed by atoms with E-state index in [0.717, 1.165) is 16.7 Å². The molecule has 0 saturated heterocycles. The normalized spacial score (nSPS) is 11.5. The summed E-state index contributed by atoms with van der Waals surface area (Å²) in [6.45, 7) is 7.54. The Labute approximate surface area is 83.7 Å². The van der Waals surface area contributed by atoms with Crippen molar-refractivity contribution in [1.29, 1.82) is 0 Å². The Bertz CT molecular complexity index is 391. The number of halogens is 1. The van der Waals surface area contributed by atoms with Gasteiger partial charge >= 0.3 is 0 Å². The maximum absolute atomic E-state index is 12.9. The largest absolute Gasteiger partial charge is 0.398 e. The highest BCUT2D eigenvalue weighted by Gasteiger charge is 2.02. The van der Waals surface area contributed by atoms with E-state index >= 15 is 0 Å². The number of hydrogen-bond acceptors (Lipinski definition) is 1. The van der Waals surface area contributed by atoms with Crippen LogP contribution in [-0.2, 0) is 0 Å². The third kappa shape index (κ3) is 2.46. The standard InChI is InChI=1S/C12H14FN/c1-8(2)6-9(3)11-7-10(13)4-5-12(11)14/h4-7H,1,14H2,2-3H3/b9-6-. The minimum atomic E-state index is -0.274. The lowest BCUT2D eigenvalue weighted by atomic mass is 10.0. The predicted molar refractivity (Wildman–Crippen MR) is 59.3 cm³/mol. The lowest BCUT2D eigenvalue weighted by Gasteiger charge is -2.06. The molecule has 1 nitrogen and oxygen atoms in total. The van der Waals surface area contributed by atoms with Crippen molar-refractivity contribution in [3.8, 4) is 0 Å². The van der Waals surface area contributed by atoms with E-state index in [4.69, 9.17) is 5.73 Å². The van der Waals surface area contributed by atoms with E-state index in [2.05, 4.69) is 6.58 Å². The highest BCUT2D eigenvalue weighted by atomic mass is 19.1. The van der Waals surface area contributed by atoms with Crippen molar-refractivity contribution in [2.75, 3.05) is 5.73 Å². The summed E-state index contributed by atoms with van der Waals surface area (Å²) in [6.07, 6.45) is 1.88. The van der Waals surface area contributed by atoms with Gasteiger partial charge in [0.15, 0.2) is 0 Å². The molecule has 0 heterocycles. The topological polar surface area (TPSA) is 26.0 Å². The zero-order valence-corrected chi connectivity index (χ0v) is 8.47. The van der Waals surface area contributed by atoms with Crippen molar-refractivity contribution >= 4 is 11.3 Å². The van der Waals surface area contributed by atoms with Gasteiger partial charge in [0.2, 0.25) is 0 Å². The molecule has 0 amide bonds. The SMILES string of the molecule is C=C(C)/C=C(/C)c1cc(F)ccc1N. The highest BCUT2D eigenvalue weighted by Crippen LogP contribution is 2.22. The summed E-state index contributed by atoms with van der Waals surface area (Å²) in [7, 11) is 0. The fourth-order valence-corrected chi connectivity index (χ4v) is 1.32. The van der Waals surface area contributed by atoms with E-state index in [9.17, 15) is 4.39 Å². The fourth-order valence-electron chi connectivity index (χ4n) is 1.32. The van der Waals surface area contributed by atoms with Crippen LogP contribution in [-0.4, -0.2) is 0 Å². The molecule has 0 spiro atoms. The van der Waals surface area contributed by atoms with Crippen molar-refractivity contribution in [2.45, 2.75) is 13.8 Å². The van der Waals surface area contributed by atoms with Crippen LogP contribution < -0.4 is 5.73 Å². The van der Waals surface area contributed by atoms with Gasteiger partial charge in [0.25, 0.3) is 0 Å². The van der Waals surface area contributed by atoms with Crippen LogP contribution in [0, 0.1) is 5.82 Å². The molecule has 1 aromatic carbocycles. The average molecular weight is 191 g/mol. The number of nitrogen functional groups attached to an aromatic ring is 1. The van der Waals surface area contributed by atoms with Gasteiger partial charge in [-0.15, -0.1) is 0 Å². The van der Waals surface area contributed by atoms with Gasteiger partial charge in [0.05, 0.1) is 0 Å². The molecule has 0 atom stereocenters. The first-order valence-corrected chi connectivity index (χ1v) is 4.40. The molecule has 0 bridgehead atoms. The Balaban J connectivity index is 3.18. The van der Waals surface area contributed by atoms with Crippen molar-refractivity contribution in [2.24, 2.45) is 0 Å². The van der Waals surface area contributed by atoms with E-state index < -0.39 is 0 Å². The second-order valence-electron chi connectivity index (χ2n) is 3.41. The van der Waals surface area contributed by atoms with Gasteiger partial charge in [0.1, 0.15) is 5.82 Å². The lowest BCUT2D eigenvalue weighted by molar-refractivity contribution is 0.627. The van der Waals surface area contributed by atoms with E-state index in [1.807, 2.05) is 19.9 Å². The van der Waals surface area contributed by atoms with E-state index in [1.165, 1.54) is 12.1 Å². The third-order valence-corrected chi connectivity index (χ3v) is 1.90. The molecule has 0 aromatic heterocycles. The van der Waals surface area contributed by atoms with E-state index in [1.54, 1.807) is 6.07 Å². The molecule has 0 saturated carbocycles. The summed E-state index contributed by atoms with van der Waals surface area (Å²) < 4.78 is 12.9. The molecule has 2 N–H and O–H groups in total. The summed E-state index contributed by atoms with van der Waals surface area (Å²) in [5, 5.41) is 0. The van der Waals surface area contributed by atoms with Crippen LogP contribution in [0.1, 0.15) is 19.4 Å².